The molecule has 13 nitrogen and oxygen atoms in total. The molecule has 0 saturated heterocycles. The Morgan fingerprint density at radius 1 is 1.05 bits per heavy atom. The molecule has 2 aromatic rings. The molecule has 0 aliphatic carbocycles. The van der Waals surface area contributed by atoms with Gasteiger partial charge in [-0.25, -0.2) is 9.59 Å². The number of benzene rings is 1. The number of esters is 2. The van der Waals surface area contributed by atoms with E-state index in [0.29, 0.717) is 16.5 Å². The summed E-state index contributed by atoms with van der Waals surface area (Å²) < 4.78 is 13.1. The third kappa shape index (κ3) is 11.9. The minimum absolute atomic E-state index is 0.0987. The van der Waals surface area contributed by atoms with Crippen LogP contribution in [0.5, 0.6) is 0 Å². The standard InChI is InChI=1S/C26H33Cl3N4O9/c1-25(2,3)42-24(39)33-18(10-16-15-7-5-6-8-17(15)32-21(16)23(38)40-4)22(37)31-12-19(35)30-11-14(34)9-20(36)41-13-26(27,28)29/h5-8,14,18,32,34H,9-13H2,1-4H3,(H,30,35)(H,31,37)(H,33,39)/t14?,18-/m1/s1. The Morgan fingerprint density at radius 3 is 2.33 bits per heavy atom. The number of carbonyl (C=O) groups excluding carboxylic acids is 5. The van der Waals surface area contributed by atoms with Crippen LogP contribution in [0.4, 0.5) is 4.79 Å². The molecule has 232 valence electrons. The van der Waals surface area contributed by atoms with Gasteiger partial charge in [0.15, 0.2) is 0 Å². The summed E-state index contributed by atoms with van der Waals surface area (Å²) in [7, 11) is 1.21. The summed E-state index contributed by atoms with van der Waals surface area (Å²) in [6.45, 7) is 3.56. The maximum atomic E-state index is 13.2. The summed E-state index contributed by atoms with van der Waals surface area (Å²) in [5.74, 6) is -2.98. The molecule has 42 heavy (non-hydrogen) atoms. The average Bonchev–Trinajstić information content (AvgIpc) is 3.25. The first-order valence-electron chi connectivity index (χ1n) is 12.6. The number of hydrogen-bond acceptors (Lipinski definition) is 9. The predicted molar refractivity (Wildman–Crippen MR) is 154 cm³/mol. The lowest BCUT2D eigenvalue weighted by atomic mass is 10.0. The first kappa shape index (κ1) is 34.9. The van der Waals surface area contributed by atoms with E-state index in [9.17, 15) is 29.1 Å². The van der Waals surface area contributed by atoms with Crippen molar-refractivity contribution in [2.45, 2.75) is 55.2 Å². The highest BCUT2D eigenvalue weighted by Gasteiger charge is 2.29. The van der Waals surface area contributed by atoms with Gasteiger partial charge in [0.2, 0.25) is 15.6 Å². The number of para-hydroxylation sites is 1. The van der Waals surface area contributed by atoms with Crippen molar-refractivity contribution in [2.75, 3.05) is 26.8 Å². The summed E-state index contributed by atoms with van der Waals surface area (Å²) in [6.07, 6.45) is -2.84. The van der Waals surface area contributed by atoms with Gasteiger partial charge in [0.1, 0.15) is 23.9 Å². The predicted octanol–water partition coefficient (Wildman–Crippen LogP) is 2.29. The fraction of sp³-hybridized carbons (Fsp3) is 0.500. The maximum absolute atomic E-state index is 13.2. The molecular formula is C26H33Cl3N4O9. The Bertz CT molecular complexity index is 1290. The number of ether oxygens (including phenoxy) is 3. The van der Waals surface area contributed by atoms with Crippen molar-refractivity contribution in [3.05, 3.63) is 35.5 Å². The minimum atomic E-state index is -1.81. The molecule has 3 amide bonds. The number of halogens is 3. The molecule has 0 aliphatic heterocycles. The van der Waals surface area contributed by atoms with Crippen LogP contribution in [-0.2, 0) is 35.0 Å². The monoisotopic (exact) mass is 650 g/mol. The molecule has 0 saturated carbocycles. The van der Waals surface area contributed by atoms with E-state index in [4.69, 9.17) is 49.0 Å². The molecule has 0 bridgehead atoms. The van der Waals surface area contributed by atoms with Crippen LogP contribution in [0.3, 0.4) is 0 Å². The van der Waals surface area contributed by atoms with E-state index in [0.717, 1.165) is 0 Å². The number of nitrogens with one attached hydrogen (secondary N) is 4. The number of amides is 3. The Labute approximate surface area is 256 Å². The number of alkyl halides is 3. The molecule has 1 aromatic heterocycles. The molecule has 0 radical (unpaired) electrons. The van der Waals surface area contributed by atoms with Gasteiger partial charge in [-0.05, 0) is 32.4 Å². The van der Waals surface area contributed by atoms with Gasteiger partial charge in [-0.15, -0.1) is 0 Å². The van der Waals surface area contributed by atoms with Gasteiger partial charge < -0.3 is 40.3 Å². The minimum Gasteiger partial charge on any atom is -0.464 e. The van der Waals surface area contributed by atoms with Crippen LogP contribution in [0, 0.1) is 0 Å². The molecule has 5 N–H and O–H groups in total. The van der Waals surface area contributed by atoms with Crippen LogP contribution in [0.2, 0.25) is 0 Å². The number of aromatic nitrogens is 1. The number of alkyl carbamates (subject to hydrolysis) is 1. The Morgan fingerprint density at radius 2 is 1.71 bits per heavy atom. The summed E-state index contributed by atoms with van der Waals surface area (Å²) in [5.41, 5.74) is 0.250. The molecule has 2 rings (SSSR count). The normalized spacial score (nSPS) is 13.0. The highest BCUT2D eigenvalue weighted by atomic mass is 35.6. The third-order valence-corrected chi connectivity index (χ3v) is 5.70. The van der Waals surface area contributed by atoms with Crippen molar-refractivity contribution < 1.29 is 43.3 Å². The number of aliphatic hydroxyl groups is 1. The molecule has 2 atom stereocenters. The van der Waals surface area contributed by atoms with Gasteiger partial charge in [0, 0.05) is 23.9 Å². The highest BCUT2D eigenvalue weighted by molar-refractivity contribution is 6.67. The molecule has 1 aromatic carbocycles. The zero-order chi connectivity index (χ0) is 31.7. The molecule has 0 aliphatic rings. The largest absolute Gasteiger partial charge is 0.464 e. The summed E-state index contributed by atoms with van der Waals surface area (Å²) in [4.78, 5) is 65.2. The maximum Gasteiger partial charge on any atom is 0.408 e. The molecular weight excluding hydrogens is 619 g/mol. The number of rotatable bonds is 12. The number of hydrogen-bond donors (Lipinski definition) is 5. The van der Waals surface area contributed by atoms with Crippen molar-refractivity contribution in [2.24, 2.45) is 0 Å². The molecule has 0 spiro atoms. The highest BCUT2D eigenvalue weighted by Crippen LogP contribution is 2.26. The van der Waals surface area contributed by atoms with E-state index in [2.05, 4.69) is 20.9 Å². The van der Waals surface area contributed by atoms with Gasteiger partial charge in [0.25, 0.3) is 0 Å². The smallest absolute Gasteiger partial charge is 0.408 e. The Balaban J connectivity index is 2.08. The van der Waals surface area contributed by atoms with Crippen molar-refractivity contribution >= 4 is 75.6 Å². The lowest BCUT2D eigenvalue weighted by Gasteiger charge is -2.23. The van der Waals surface area contributed by atoms with Crippen LogP contribution in [-0.4, -0.2) is 88.3 Å². The second kappa shape index (κ2) is 15.3. The van der Waals surface area contributed by atoms with Crippen LogP contribution < -0.4 is 16.0 Å². The summed E-state index contributed by atoms with van der Waals surface area (Å²) in [6, 6.07) is 5.71. The number of carbonyl (C=O) groups is 5. The van der Waals surface area contributed by atoms with E-state index < -0.39 is 71.0 Å². The quantitative estimate of drug-likeness (QED) is 0.130. The van der Waals surface area contributed by atoms with E-state index >= 15 is 0 Å². The molecule has 1 heterocycles. The van der Waals surface area contributed by atoms with Crippen molar-refractivity contribution in [1.82, 2.24) is 20.9 Å². The van der Waals surface area contributed by atoms with E-state index in [1.807, 2.05) is 0 Å². The van der Waals surface area contributed by atoms with E-state index in [1.54, 1.807) is 45.0 Å². The first-order valence-corrected chi connectivity index (χ1v) is 13.7. The summed E-state index contributed by atoms with van der Waals surface area (Å²) in [5, 5.41) is 17.9. The number of methoxy groups -OCH3 is 1. The third-order valence-electron chi connectivity index (χ3n) is 5.38. The van der Waals surface area contributed by atoms with Crippen LogP contribution in [0.15, 0.2) is 24.3 Å². The van der Waals surface area contributed by atoms with Crippen LogP contribution in [0.1, 0.15) is 43.2 Å². The molecule has 0 fully saturated rings. The fourth-order valence-corrected chi connectivity index (χ4v) is 3.79. The fourth-order valence-electron chi connectivity index (χ4n) is 3.62. The zero-order valence-corrected chi connectivity index (χ0v) is 25.6. The van der Waals surface area contributed by atoms with Gasteiger partial charge in [-0.1, -0.05) is 53.0 Å². The zero-order valence-electron chi connectivity index (χ0n) is 23.3. The van der Waals surface area contributed by atoms with Gasteiger partial charge in [-0.3, -0.25) is 14.4 Å². The number of aliphatic hydroxyl groups excluding tert-OH is 1. The topological polar surface area (TPSA) is 185 Å². The molecule has 1 unspecified atom stereocenters. The van der Waals surface area contributed by atoms with Crippen molar-refractivity contribution in [3.63, 3.8) is 0 Å². The van der Waals surface area contributed by atoms with Gasteiger partial charge in [-0.2, -0.15) is 0 Å². The number of fused-ring (bicyclic) bond motifs is 1. The first-order chi connectivity index (χ1) is 19.5. The Kier molecular flexibility index (Phi) is 12.7. The Hall–Kier alpha value is -3.26. The van der Waals surface area contributed by atoms with E-state index in [1.165, 1.54) is 7.11 Å². The second-order valence-electron chi connectivity index (χ2n) is 10.1. The lowest BCUT2D eigenvalue weighted by molar-refractivity contribution is -0.145. The van der Waals surface area contributed by atoms with Crippen molar-refractivity contribution in [1.29, 1.82) is 0 Å². The molecule has 16 heteroatoms. The van der Waals surface area contributed by atoms with Crippen LogP contribution >= 0.6 is 34.8 Å². The lowest BCUT2D eigenvalue weighted by Crippen LogP contribution is -2.51. The average molecular weight is 652 g/mol. The van der Waals surface area contributed by atoms with E-state index in [-0.39, 0.29) is 18.7 Å². The van der Waals surface area contributed by atoms with Gasteiger partial charge >= 0.3 is 18.0 Å². The van der Waals surface area contributed by atoms with Gasteiger partial charge in [0.05, 0.1) is 26.2 Å². The van der Waals surface area contributed by atoms with Crippen LogP contribution in [0.25, 0.3) is 10.9 Å². The second-order valence-corrected chi connectivity index (χ2v) is 12.6. The SMILES string of the molecule is COC(=O)c1[nH]c2ccccc2c1C[C@@H](NC(=O)OC(C)(C)C)C(=O)NCC(=O)NCC(O)CC(=O)OCC(Cl)(Cl)Cl. The number of aromatic amines is 1. The summed E-state index contributed by atoms with van der Waals surface area (Å²) >= 11 is 16.5. The number of H-pyrrole nitrogens is 1. The van der Waals surface area contributed by atoms with Crippen molar-refractivity contribution in [3.8, 4) is 0 Å².